The third-order valence-electron chi connectivity index (χ3n) is 9.60. The molecular weight excluding hydrogens is 584 g/mol. The topological polar surface area (TPSA) is 80.0 Å². The lowest BCUT2D eigenvalue weighted by Gasteiger charge is -2.39. The SMILES string of the molecule is CN(Cc1ccccc1N1CCN(C(=O)[C@@H](Cc2ccc(Cl)cc2)NC(=O)[C@H]2Cc3ccccc3CN2)CC1)C1CCCNC1. The highest BCUT2D eigenvalue weighted by atomic mass is 35.5. The molecule has 3 N–H and O–H groups in total. The Kier molecular flexibility index (Phi) is 10.4. The number of piperidine rings is 1. The van der Waals surface area contributed by atoms with E-state index in [0.29, 0.717) is 43.5 Å². The number of likely N-dealkylation sites (N-methyl/N-ethyl adjacent to an activating group) is 1. The van der Waals surface area contributed by atoms with Gasteiger partial charge in [0.05, 0.1) is 6.04 Å². The molecule has 9 heteroatoms. The van der Waals surface area contributed by atoms with E-state index < -0.39 is 6.04 Å². The zero-order chi connectivity index (χ0) is 31.2. The third kappa shape index (κ3) is 7.87. The van der Waals surface area contributed by atoms with Crippen molar-refractivity contribution in [2.45, 2.75) is 56.9 Å². The fourth-order valence-corrected chi connectivity index (χ4v) is 7.04. The standard InChI is InChI=1S/C36H45ClN6O2/c1-41(31-10-6-16-38-24-31)25-29-9-4-5-11-34(29)42-17-19-43(20-18-42)36(45)33(21-26-12-14-30(37)15-13-26)40-35(44)32-22-27-7-2-3-8-28(27)23-39-32/h2-5,7-9,11-15,31-33,38-39H,6,10,16-25H2,1H3,(H,40,44)/t31?,32-,33-/m1/s1. The Balaban J connectivity index is 1.11. The summed E-state index contributed by atoms with van der Waals surface area (Å²) in [6.45, 7) is 6.41. The van der Waals surface area contributed by atoms with Crippen LogP contribution in [0.3, 0.4) is 0 Å². The molecule has 0 bridgehead atoms. The van der Waals surface area contributed by atoms with Crippen LogP contribution in [0.5, 0.6) is 0 Å². The molecule has 6 rings (SSSR count). The minimum atomic E-state index is -0.658. The van der Waals surface area contributed by atoms with Crippen molar-refractivity contribution < 1.29 is 9.59 Å². The fraction of sp³-hybridized carbons (Fsp3) is 0.444. The number of halogens is 1. The van der Waals surface area contributed by atoms with Crippen molar-refractivity contribution in [3.05, 3.63) is 100 Å². The summed E-state index contributed by atoms with van der Waals surface area (Å²) in [5.74, 6) is -0.173. The van der Waals surface area contributed by atoms with E-state index in [0.717, 1.165) is 38.3 Å². The van der Waals surface area contributed by atoms with Gasteiger partial charge >= 0.3 is 0 Å². The highest BCUT2D eigenvalue weighted by Crippen LogP contribution is 2.25. The number of carbonyl (C=O) groups is 2. The average Bonchev–Trinajstić information content (AvgIpc) is 3.09. The first-order chi connectivity index (χ1) is 21.9. The van der Waals surface area contributed by atoms with Crippen molar-refractivity contribution in [2.75, 3.05) is 51.2 Å². The number of nitrogens with one attached hydrogen (secondary N) is 3. The van der Waals surface area contributed by atoms with Gasteiger partial charge in [-0.25, -0.2) is 0 Å². The van der Waals surface area contributed by atoms with Gasteiger partial charge in [-0.05, 0) is 73.3 Å². The van der Waals surface area contributed by atoms with Gasteiger partial charge in [-0.3, -0.25) is 14.5 Å². The third-order valence-corrected chi connectivity index (χ3v) is 9.86. The molecule has 45 heavy (non-hydrogen) atoms. The Hall–Kier alpha value is -3.43. The quantitative estimate of drug-likeness (QED) is 0.336. The van der Waals surface area contributed by atoms with Gasteiger partial charge < -0.3 is 25.8 Å². The van der Waals surface area contributed by atoms with Crippen LogP contribution in [0.2, 0.25) is 5.02 Å². The van der Waals surface area contributed by atoms with Gasteiger partial charge in [0.15, 0.2) is 0 Å². The number of fused-ring (bicyclic) bond motifs is 1. The zero-order valence-electron chi connectivity index (χ0n) is 26.2. The molecule has 2 fully saturated rings. The number of nitrogens with zero attached hydrogens (tertiary/aromatic N) is 3. The molecule has 3 atom stereocenters. The van der Waals surface area contributed by atoms with Crippen molar-refractivity contribution in [1.82, 2.24) is 25.8 Å². The molecule has 8 nitrogen and oxygen atoms in total. The zero-order valence-corrected chi connectivity index (χ0v) is 26.9. The number of hydrogen-bond acceptors (Lipinski definition) is 6. The van der Waals surface area contributed by atoms with Gasteiger partial charge in [0.25, 0.3) is 0 Å². The molecule has 0 spiro atoms. The van der Waals surface area contributed by atoms with Crippen LogP contribution in [0.1, 0.15) is 35.1 Å². The number of carbonyl (C=O) groups excluding carboxylic acids is 2. The van der Waals surface area contributed by atoms with Gasteiger partial charge in [0.1, 0.15) is 6.04 Å². The van der Waals surface area contributed by atoms with E-state index in [9.17, 15) is 9.59 Å². The molecule has 1 unspecified atom stereocenters. The first-order valence-corrected chi connectivity index (χ1v) is 16.7. The number of amides is 2. The highest BCUT2D eigenvalue weighted by molar-refractivity contribution is 6.30. The molecule has 3 aliphatic heterocycles. The van der Waals surface area contributed by atoms with Gasteiger partial charge in [-0.1, -0.05) is 66.2 Å². The molecule has 0 aliphatic carbocycles. The predicted molar refractivity (Wildman–Crippen MR) is 180 cm³/mol. The first kappa shape index (κ1) is 31.5. The van der Waals surface area contributed by atoms with E-state index in [4.69, 9.17) is 11.6 Å². The minimum Gasteiger partial charge on any atom is -0.368 e. The van der Waals surface area contributed by atoms with Crippen LogP contribution in [0.15, 0.2) is 72.8 Å². The molecule has 3 aromatic rings. The van der Waals surface area contributed by atoms with Crippen LogP contribution >= 0.6 is 11.6 Å². The van der Waals surface area contributed by atoms with E-state index in [2.05, 4.69) is 69.2 Å². The number of para-hydroxylation sites is 1. The Morgan fingerprint density at radius 2 is 1.71 bits per heavy atom. The average molecular weight is 629 g/mol. The molecular formula is C36H45ClN6O2. The van der Waals surface area contributed by atoms with Crippen molar-refractivity contribution in [1.29, 1.82) is 0 Å². The summed E-state index contributed by atoms with van der Waals surface area (Å²) in [5.41, 5.74) is 5.92. The maximum Gasteiger partial charge on any atom is 0.245 e. The van der Waals surface area contributed by atoms with Crippen LogP contribution in [-0.2, 0) is 35.5 Å². The number of piperazine rings is 1. The van der Waals surface area contributed by atoms with E-state index in [-0.39, 0.29) is 17.9 Å². The fourth-order valence-electron chi connectivity index (χ4n) is 6.92. The lowest BCUT2D eigenvalue weighted by atomic mass is 9.95. The van der Waals surface area contributed by atoms with Crippen molar-refractivity contribution >= 4 is 29.1 Å². The molecule has 2 amide bonds. The summed E-state index contributed by atoms with van der Waals surface area (Å²) in [6.07, 6.45) is 3.46. The largest absolute Gasteiger partial charge is 0.368 e. The van der Waals surface area contributed by atoms with Crippen LogP contribution in [-0.4, -0.2) is 86.1 Å². The second kappa shape index (κ2) is 14.8. The lowest BCUT2D eigenvalue weighted by Crippen LogP contribution is -2.58. The van der Waals surface area contributed by atoms with E-state index in [1.54, 1.807) is 0 Å². The highest BCUT2D eigenvalue weighted by Gasteiger charge is 2.32. The van der Waals surface area contributed by atoms with Crippen molar-refractivity contribution in [3.8, 4) is 0 Å². The van der Waals surface area contributed by atoms with E-state index >= 15 is 0 Å². The number of anilines is 1. The summed E-state index contributed by atoms with van der Waals surface area (Å²) < 4.78 is 0. The number of benzene rings is 3. The Morgan fingerprint density at radius 3 is 2.47 bits per heavy atom. The predicted octanol–water partition coefficient (Wildman–Crippen LogP) is 3.61. The number of rotatable bonds is 9. The molecule has 3 aliphatic rings. The van der Waals surface area contributed by atoms with Gasteiger partial charge in [-0.15, -0.1) is 0 Å². The summed E-state index contributed by atoms with van der Waals surface area (Å²) in [7, 11) is 2.22. The molecule has 0 aromatic heterocycles. The molecule has 3 heterocycles. The molecule has 238 valence electrons. The van der Waals surface area contributed by atoms with Gasteiger partial charge in [0, 0.05) is 69.0 Å². The summed E-state index contributed by atoms with van der Waals surface area (Å²) >= 11 is 6.14. The van der Waals surface area contributed by atoms with Crippen LogP contribution in [0.25, 0.3) is 0 Å². The maximum atomic E-state index is 14.1. The number of hydrogen-bond donors (Lipinski definition) is 3. The normalized spacial score (nSPS) is 20.9. The van der Waals surface area contributed by atoms with Crippen molar-refractivity contribution in [2.24, 2.45) is 0 Å². The Bertz CT molecular complexity index is 1450. The molecule has 0 saturated carbocycles. The lowest BCUT2D eigenvalue weighted by molar-refractivity contribution is -0.137. The summed E-state index contributed by atoms with van der Waals surface area (Å²) in [5, 5.41) is 10.7. The summed E-state index contributed by atoms with van der Waals surface area (Å²) in [4.78, 5) is 34.4. The minimum absolute atomic E-state index is 0.0352. The molecule has 3 aromatic carbocycles. The second-order valence-corrected chi connectivity index (χ2v) is 13.1. The molecule has 0 radical (unpaired) electrons. The Morgan fingerprint density at radius 1 is 0.978 bits per heavy atom. The van der Waals surface area contributed by atoms with Gasteiger partial charge in [0.2, 0.25) is 11.8 Å². The van der Waals surface area contributed by atoms with Crippen LogP contribution in [0.4, 0.5) is 5.69 Å². The van der Waals surface area contributed by atoms with Gasteiger partial charge in [-0.2, -0.15) is 0 Å². The first-order valence-electron chi connectivity index (χ1n) is 16.3. The Labute approximate surface area is 272 Å². The van der Waals surface area contributed by atoms with Crippen molar-refractivity contribution in [3.63, 3.8) is 0 Å². The van der Waals surface area contributed by atoms with Crippen LogP contribution in [0, 0.1) is 0 Å². The maximum absolute atomic E-state index is 14.1. The second-order valence-electron chi connectivity index (χ2n) is 12.7. The smallest absolute Gasteiger partial charge is 0.245 e. The molecule has 2 saturated heterocycles. The summed E-state index contributed by atoms with van der Waals surface area (Å²) in [6, 6.07) is 23.9. The van der Waals surface area contributed by atoms with Crippen LogP contribution < -0.4 is 20.9 Å². The monoisotopic (exact) mass is 628 g/mol. The van der Waals surface area contributed by atoms with E-state index in [1.165, 1.54) is 35.2 Å². The van der Waals surface area contributed by atoms with E-state index in [1.807, 2.05) is 41.3 Å².